The van der Waals surface area contributed by atoms with Crippen molar-refractivity contribution in [1.82, 2.24) is 4.90 Å². The zero-order chi connectivity index (χ0) is 15.5. The predicted molar refractivity (Wildman–Crippen MR) is 92.3 cm³/mol. The highest BCUT2D eigenvalue weighted by molar-refractivity contribution is 4.86. The second-order valence-electron chi connectivity index (χ2n) is 8.81. The van der Waals surface area contributed by atoms with Crippen molar-refractivity contribution < 1.29 is 0 Å². The Bertz CT molecular complexity index is 307. The molecule has 1 saturated carbocycles. The summed E-state index contributed by atoms with van der Waals surface area (Å²) in [5.41, 5.74) is 6.90. The molecular weight excluding hydrogens is 256 g/mol. The van der Waals surface area contributed by atoms with E-state index in [-0.39, 0.29) is 0 Å². The van der Waals surface area contributed by atoms with Crippen LogP contribution in [0.25, 0.3) is 0 Å². The van der Waals surface area contributed by atoms with Crippen LogP contribution in [0.1, 0.15) is 72.6 Å². The van der Waals surface area contributed by atoms with Gasteiger partial charge in [-0.3, -0.25) is 0 Å². The van der Waals surface area contributed by atoms with Gasteiger partial charge in [0.05, 0.1) is 0 Å². The fraction of sp³-hybridized carbons (Fsp3) is 1.00. The van der Waals surface area contributed by atoms with E-state index in [0.717, 1.165) is 17.8 Å². The molecule has 21 heavy (non-hydrogen) atoms. The van der Waals surface area contributed by atoms with Crippen LogP contribution in [-0.2, 0) is 0 Å². The first-order valence-corrected chi connectivity index (χ1v) is 9.38. The van der Waals surface area contributed by atoms with Crippen LogP contribution in [0.4, 0.5) is 0 Å². The number of nitrogens with zero attached hydrogens (tertiary/aromatic N) is 1. The first kappa shape index (κ1) is 17.3. The monoisotopic (exact) mass is 294 g/mol. The van der Waals surface area contributed by atoms with Crippen molar-refractivity contribution in [2.24, 2.45) is 28.9 Å². The first-order chi connectivity index (χ1) is 9.90. The molecule has 0 spiro atoms. The molecule has 2 aliphatic rings. The van der Waals surface area contributed by atoms with Crippen molar-refractivity contribution in [2.45, 2.75) is 78.7 Å². The Labute approximate surface area is 132 Å². The summed E-state index contributed by atoms with van der Waals surface area (Å²) < 4.78 is 0. The molecule has 1 saturated heterocycles. The van der Waals surface area contributed by atoms with Crippen molar-refractivity contribution in [1.29, 1.82) is 0 Å². The predicted octanol–water partition coefficient (Wildman–Crippen LogP) is 4.29. The number of hydrogen-bond donors (Lipinski definition) is 1. The Morgan fingerprint density at radius 1 is 1.05 bits per heavy atom. The largest absolute Gasteiger partial charge is 0.327 e. The zero-order valence-electron chi connectivity index (χ0n) is 14.9. The molecule has 2 heteroatoms. The van der Waals surface area contributed by atoms with Crippen LogP contribution in [0.2, 0.25) is 0 Å². The van der Waals surface area contributed by atoms with E-state index in [1.54, 1.807) is 0 Å². The van der Waals surface area contributed by atoms with Gasteiger partial charge in [-0.05, 0) is 74.8 Å². The molecule has 0 aromatic rings. The average Bonchev–Trinajstić information content (AvgIpc) is 2.66. The number of hydrogen-bond acceptors (Lipinski definition) is 2. The molecule has 2 rings (SSSR count). The molecule has 2 fully saturated rings. The number of nitrogens with two attached hydrogens (primary N) is 1. The first-order valence-electron chi connectivity index (χ1n) is 9.38. The summed E-state index contributed by atoms with van der Waals surface area (Å²) in [7, 11) is 0. The lowest BCUT2D eigenvalue weighted by Crippen LogP contribution is -2.43. The maximum absolute atomic E-state index is 6.42. The molecule has 0 radical (unpaired) electrons. The average molecular weight is 295 g/mol. The third kappa shape index (κ3) is 4.96. The Kier molecular flexibility index (Phi) is 6.14. The normalized spacial score (nSPS) is 36.4. The van der Waals surface area contributed by atoms with Crippen LogP contribution in [0.5, 0.6) is 0 Å². The van der Waals surface area contributed by atoms with Crippen LogP contribution >= 0.6 is 0 Å². The van der Waals surface area contributed by atoms with E-state index in [1.807, 2.05) is 0 Å². The quantitative estimate of drug-likeness (QED) is 0.841. The smallest absolute Gasteiger partial charge is 0.00795 e. The molecule has 0 bridgehead atoms. The van der Waals surface area contributed by atoms with Gasteiger partial charge in [-0.1, -0.05) is 34.1 Å². The highest BCUT2D eigenvalue weighted by Gasteiger charge is 2.31. The molecular formula is C19H38N2. The summed E-state index contributed by atoms with van der Waals surface area (Å²) in [4.78, 5) is 2.73. The molecule has 4 unspecified atom stereocenters. The van der Waals surface area contributed by atoms with E-state index >= 15 is 0 Å². The molecule has 4 atom stereocenters. The third-order valence-electron chi connectivity index (χ3n) is 6.27. The Morgan fingerprint density at radius 2 is 1.81 bits per heavy atom. The SMILES string of the molecule is CCC1CCC(N)C(CN2CCCC(C(C)(C)C)CC2)C1. The van der Waals surface area contributed by atoms with E-state index in [0.29, 0.717) is 11.5 Å². The van der Waals surface area contributed by atoms with Crippen LogP contribution in [0.3, 0.4) is 0 Å². The van der Waals surface area contributed by atoms with Gasteiger partial charge in [0, 0.05) is 12.6 Å². The summed E-state index contributed by atoms with van der Waals surface area (Å²) in [6.07, 6.45) is 9.49. The summed E-state index contributed by atoms with van der Waals surface area (Å²) in [6, 6.07) is 0.453. The fourth-order valence-electron chi connectivity index (χ4n) is 4.50. The van der Waals surface area contributed by atoms with Crippen molar-refractivity contribution in [3.63, 3.8) is 0 Å². The van der Waals surface area contributed by atoms with Gasteiger partial charge in [0.15, 0.2) is 0 Å². The fourth-order valence-corrected chi connectivity index (χ4v) is 4.50. The third-order valence-corrected chi connectivity index (χ3v) is 6.27. The molecule has 2 N–H and O–H groups in total. The van der Waals surface area contributed by atoms with Crippen LogP contribution in [-0.4, -0.2) is 30.6 Å². The van der Waals surface area contributed by atoms with E-state index in [1.165, 1.54) is 64.6 Å². The number of rotatable bonds is 3. The zero-order valence-corrected chi connectivity index (χ0v) is 14.9. The molecule has 0 aromatic heterocycles. The minimum atomic E-state index is 0.453. The second-order valence-corrected chi connectivity index (χ2v) is 8.81. The minimum Gasteiger partial charge on any atom is -0.327 e. The Morgan fingerprint density at radius 3 is 2.48 bits per heavy atom. The molecule has 2 nitrogen and oxygen atoms in total. The second kappa shape index (κ2) is 7.46. The maximum atomic E-state index is 6.42. The maximum Gasteiger partial charge on any atom is 0.00795 e. The van der Waals surface area contributed by atoms with Gasteiger partial charge in [-0.2, -0.15) is 0 Å². The van der Waals surface area contributed by atoms with Crippen molar-refractivity contribution >= 4 is 0 Å². The summed E-state index contributed by atoms with van der Waals surface area (Å²) in [5.74, 6) is 2.57. The van der Waals surface area contributed by atoms with Crippen LogP contribution < -0.4 is 5.73 Å². The van der Waals surface area contributed by atoms with Crippen LogP contribution in [0, 0.1) is 23.2 Å². The molecule has 1 aliphatic heterocycles. The van der Waals surface area contributed by atoms with Gasteiger partial charge >= 0.3 is 0 Å². The summed E-state index contributed by atoms with van der Waals surface area (Å²) in [6.45, 7) is 13.4. The van der Waals surface area contributed by atoms with Gasteiger partial charge in [0.25, 0.3) is 0 Å². The summed E-state index contributed by atoms with van der Waals surface area (Å²) in [5, 5.41) is 0. The highest BCUT2D eigenvalue weighted by Crippen LogP contribution is 2.35. The summed E-state index contributed by atoms with van der Waals surface area (Å²) >= 11 is 0. The molecule has 1 heterocycles. The van der Waals surface area contributed by atoms with Crippen molar-refractivity contribution in [2.75, 3.05) is 19.6 Å². The lowest BCUT2D eigenvalue weighted by atomic mass is 9.76. The topological polar surface area (TPSA) is 29.3 Å². The molecule has 0 amide bonds. The molecule has 0 aromatic carbocycles. The van der Waals surface area contributed by atoms with E-state index < -0.39 is 0 Å². The molecule has 1 aliphatic carbocycles. The molecule has 124 valence electrons. The lowest BCUT2D eigenvalue weighted by Gasteiger charge is -2.37. The van der Waals surface area contributed by atoms with E-state index in [9.17, 15) is 0 Å². The van der Waals surface area contributed by atoms with Gasteiger partial charge < -0.3 is 10.6 Å². The standard InChI is InChI=1S/C19H38N2/c1-5-15-8-9-18(20)16(13-15)14-21-11-6-7-17(10-12-21)19(2,3)4/h15-18H,5-14,20H2,1-4H3. The van der Waals surface area contributed by atoms with E-state index in [2.05, 4.69) is 32.6 Å². The highest BCUT2D eigenvalue weighted by atomic mass is 15.1. The Balaban J connectivity index is 1.85. The lowest BCUT2D eigenvalue weighted by molar-refractivity contribution is 0.151. The Hall–Kier alpha value is -0.0800. The van der Waals surface area contributed by atoms with Gasteiger partial charge in [-0.15, -0.1) is 0 Å². The van der Waals surface area contributed by atoms with Crippen molar-refractivity contribution in [3.05, 3.63) is 0 Å². The minimum absolute atomic E-state index is 0.453. The van der Waals surface area contributed by atoms with Crippen LogP contribution in [0.15, 0.2) is 0 Å². The van der Waals surface area contributed by atoms with Gasteiger partial charge in [0.1, 0.15) is 0 Å². The van der Waals surface area contributed by atoms with Gasteiger partial charge in [-0.25, -0.2) is 0 Å². The van der Waals surface area contributed by atoms with Gasteiger partial charge in [0.2, 0.25) is 0 Å². The van der Waals surface area contributed by atoms with E-state index in [4.69, 9.17) is 5.73 Å². The van der Waals surface area contributed by atoms with Crippen molar-refractivity contribution in [3.8, 4) is 0 Å². The number of likely N-dealkylation sites (tertiary alicyclic amines) is 1.